The molecule has 0 saturated heterocycles. The minimum absolute atomic E-state index is 0.0871. The summed E-state index contributed by atoms with van der Waals surface area (Å²) in [7, 11) is 0. The highest BCUT2D eigenvalue weighted by molar-refractivity contribution is 6.06. The molecule has 174 valence electrons. The second-order valence-electron chi connectivity index (χ2n) is 9.61. The van der Waals surface area contributed by atoms with Crippen LogP contribution in [0.15, 0.2) is 60.2 Å². The molecule has 0 spiro atoms. The summed E-state index contributed by atoms with van der Waals surface area (Å²) in [6, 6.07) is 14.1. The summed E-state index contributed by atoms with van der Waals surface area (Å²) >= 11 is 0. The molecule has 1 amide bonds. The molecule has 5 heteroatoms. The van der Waals surface area contributed by atoms with E-state index in [9.17, 15) is 4.79 Å². The highest BCUT2D eigenvalue weighted by atomic mass is 16.6. The van der Waals surface area contributed by atoms with Gasteiger partial charge in [-0.3, -0.25) is 9.69 Å². The van der Waals surface area contributed by atoms with Crippen molar-refractivity contribution in [1.29, 1.82) is 0 Å². The predicted octanol–water partition coefficient (Wildman–Crippen LogP) is 5.43. The molecule has 0 saturated carbocycles. The Balaban J connectivity index is 1.61. The monoisotopic (exact) mass is 446 g/mol. The third-order valence-corrected chi connectivity index (χ3v) is 6.23. The van der Waals surface area contributed by atoms with E-state index >= 15 is 0 Å². The number of rotatable bonds is 5. The third-order valence-electron chi connectivity index (χ3n) is 6.23. The summed E-state index contributed by atoms with van der Waals surface area (Å²) in [5.74, 6) is 1.22. The maximum absolute atomic E-state index is 13.1. The van der Waals surface area contributed by atoms with Crippen LogP contribution in [0.5, 0.6) is 11.5 Å². The number of nitrogens with zero attached hydrogens (tertiary/aromatic N) is 1. The molecule has 0 aromatic heterocycles. The Hall–Kier alpha value is -3.05. The standard InChI is InChI=1S/C28H34N2O3/c1-5-30-14-12-21(13-15-30)24(20-6-8-22(9-7-20)28(2,3)4)19-27(31)29-23-10-11-25-26(18-23)33-17-16-32-25/h6-12,18-19H,5,13-17H2,1-4H3,(H,29,31)/b24-19-. The molecule has 4 rings (SSSR count). The van der Waals surface area contributed by atoms with Gasteiger partial charge in [-0.25, -0.2) is 0 Å². The first-order valence-electron chi connectivity index (χ1n) is 11.8. The van der Waals surface area contributed by atoms with Crippen molar-refractivity contribution in [2.24, 2.45) is 0 Å². The van der Waals surface area contributed by atoms with Crippen LogP contribution in [0.2, 0.25) is 0 Å². The summed E-state index contributed by atoms with van der Waals surface area (Å²) < 4.78 is 11.2. The number of nitrogens with one attached hydrogen (secondary N) is 1. The lowest BCUT2D eigenvalue weighted by Crippen LogP contribution is -2.28. The van der Waals surface area contributed by atoms with Crippen molar-refractivity contribution in [3.63, 3.8) is 0 Å². The molecule has 1 N–H and O–H groups in total. The molecule has 2 aromatic rings. The van der Waals surface area contributed by atoms with Gasteiger partial charge in [-0.05, 0) is 52.8 Å². The Labute approximate surface area is 197 Å². The zero-order chi connectivity index (χ0) is 23.4. The Morgan fingerprint density at radius 2 is 1.79 bits per heavy atom. The van der Waals surface area contributed by atoms with Gasteiger partial charge in [-0.1, -0.05) is 58.0 Å². The highest BCUT2D eigenvalue weighted by Gasteiger charge is 2.19. The van der Waals surface area contributed by atoms with Crippen molar-refractivity contribution in [1.82, 2.24) is 4.90 Å². The van der Waals surface area contributed by atoms with E-state index in [1.165, 1.54) is 11.1 Å². The van der Waals surface area contributed by atoms with Crippen LogP contribution in [-0.4, -0.2) is 43.7 Å². The lowest BCUT2D eigenvalue weighted by Gasteiger charge is -2.26. The molecule has 0 unspecified atom stereocenters. The Morgan fingerprint density at radius 3 is 2.42 bits per heavy atom. The third kappa shape index (κ3) is 5.66. The fourth-order valence-electron chi connectivity index (χ4n) is 4.18. The average Bonchev–Trinajstić information content (AvgIpc) is 2.82. The van der Waals surface area contributed by atoms with Crippen molar-refractivity contribution in [2.75, 3.05) is 38.2 Å². The number of allylic oxidation sites excluding steroid dienone is 1. The molecule has 0 fully saturated rings. The van der Waals surface area contributed by atoms with Gasteiger partial charge in [-0.2, -0.15) is 0 Å². The molecular weight excluding hydrogens is 412 g/mol. The quantitative estimate of drug-likeness (QED) is 0.623. The van der Waals surface area contributed by atoms with Gasteiger partial charge < -0.3 is 14.8 Å². The first-order valence-corrected chi connectivity index (χ1v) is 11.8. The normalized spacial score (nSPS) is 16.8. The van der Waals surface area contributed by atoms with E-state index in [4.69, 9.17) is 9.47 Å². The first-order chi connectivity index (χ1) is 15.8. The molecule has 0 aliphatic carbocycles. The number of anilines is 1. The van der Waals surface area contributed by atoms with Gasteiger partial charge in [0.15, 0.2) is 11.5 Å². The Bertz CT molecular complexity index is 1060. The van der Waals surface area contributed by atoms with Gasteiger partial charge in [0, 0.05) is 30.9 Å². The fraction of sp³-hybridized carbons (Fsp3) is 0.393. The maximum Gasteiger partial charge on any atom is 0.248 e. The largest absolute Gasteiger partial charge is 0.486 e. The van der Waals surface area contributed by atoms with Gasteiger partial charge in [0.2, 0.25) is 5.91 Å². The molecule has 2 aliphatic heterocycles. The lowest BCUT2D eigenvalue weighted by molar-refractivity contribution is -0.111. The van der Waals surface area contributed by atoms with Crippen LogP contribution in [0.3, 0.4) is 0 Å². The molecule has 2 aliphatic rings. The van der Waals surface area contributed by atoms with Gasteiger partial charge in [0.1, 0.15) is 13.2 Å². The van der Waals surface area contributed by atoms with Crippen molar-refractivity contribution < 1.29 is 14.3 Å². The number of hydrogen-bond donors (Lipinski definition) is 1. The van der Waals surface area contributed by atoms with E-state index in [0.29, 0.717) is 30.4 Å². The average molecular weight is 447 g/mol. The van der Waals surface area contributed by atoms with E-state index in [2.05, 4.69) is 68.3 Å². The minimum atomic E-state index is -0.152. The molecule has 0 radical (unpaired) electrons. The number of ether oxygens (including phenoxy) is 2. The molecule has 33 heavy (non-hydrogen) atoms. The van der Waals surface area contributed by atoms with Crippen LogP contribution in [0.25, 0.3) is 5.57 Å². The van der Waals surface area contributed by atoms with E-state index in [0.717, 1.165) is 37.2 Å². The van der Waals surface area contributed by atoms with Gasteiger partial charge in [-0.15, -0.1) is 0 Å². The Morgan fingerprint density at radius 1 is 1.06 bits per heavy atom. The minimum Gasteiger partial charge on any atom is -0.486 e. The van der Waals surface area contributed by atoms with E-state index in [-0.39, 0.29) is 11.3 Å². The second-order valence-corrected chi connectivity index (χ2v) is 9.61. The van der Waals surface area contributed by atoms with Crippen LogP contribution in [0.4, 0.5) is 5.69 Å². The first kappa shape index (κ1) is 23.1. The fourth-order valence-corrected chi connectivity index (χ4v) is 4.18. The highest BCUT2D eigenvalue weighted by Crippen LogP contribution is 2.33. The van der Waals surface area contributed by atoms with Crippen LogP contribution >= 0.6 is 0 Å². The molecule has 0 bridgehead atoms. The number of hydrogen-bond acceptors (Lipinski definition) is 4. The van der Waals surface area contributed by atoms with Gasteiger partial charge in [0.05, 0.1) is 0 Å². The zero-order valence-electron chi connectivity index (χ0n) is 20.1. The molecule has 5 nitrogen and oxygen atoms in total. The number of fused-ring (bicyclic) bond motifs is 1. The second kappa shape index (κ2) is 9.84. The molecular formula is C28H34N2O3. The van der Waals surface area contributed by atoms with Gasteiger partial charge in [0.25, 0.3) is 0 Å². The number of likely N-dealkylation sites (N-methyl/N-ethyl adjacent to an activating group) is 1. The SMILES string of the molecule is CCN1CC=C(/C(=C\C(=O)Nc2ccc3c(c2)OCCO3)c2ccc(C(C)(C)C)cc2)CC1. The number of amides is 1. The summed E-state index contributed by atoms with van der Waals surface area (Å²) in [4.78, 5) is 15.5. The smallest absolute Gasteiger partial charge is 0.248 e. The zero-order valence-corrected chi connectivity index (χ0v) is 20.1. The number of carbonyl (C=O) groups excluding carboxylic acids is 1. The summed E-state index contributed by atoms with van der Waals surface area (Å²) in [6.45, 7) is 12.8. The van der Waals surface area contributed by atoms with Crippen molar-refractivity contribution >= 4 is 17.2 Å². The van der Waals surface area contributed by atoms with Gasteiger partial charge >= 0.3 is 0 Å². The van der Waals surface area contributed by atoms with E-state index in [1.54, 1.807) is 6.08 Å². The van der Waals surface area contributed by atoms with Crippen LogP contribution in [-0.2, 0) is 10.2 Å². The van der Waals surface area contributed by atoms with Crippen LogP contribution in [0.1, 0.15) is 45.2 Å². The Kier molecular flexibility index (Phi) is 6.89. The van der Waals surface area contributed by atoms with E-state index in [1.807, 2.05) is 18.2 Å². The van der Waals surface area contributed by atoms with Crippen molar-refractivity contribution in [3.05, 3.63) is 71.3 Å². The molecule has 0 atom stereocenters. The lowest BCUT2D eigenvalue weighted by atomic mass is 9.85. The topological polar surface area (TPSA) is 50.8 Å². The predicted molar refractivity (Wildman–Crippen MR) is 134 cm³/mol. The number of benzene rings is 2. The van der Waals surface area contributed by atoms with Crippen molar-refractivity contribution in [3.8, 4) is 11.5 Å². The maximum atomic E-state index is 13.1. The molecule has 2 heterocycles. The molecule has 2 aromatic carbocycles. The summed E-state index contributed by atoms with van der Waals surface area (Å²) in [5.41, 5.74) is 5.33. The van der Waals surface area contributed by atoms with Crippen LogP contribution in [0, 0.1) is 0 Å². The van der Waals surface area contributed by atoms with Crippen LogP contribution < -0.4 is 14.8 Å². The summed E-state index contributed by atoms with van der Waals surface area (Å²) in [6.07, 6.45) is 4.92. The van der Waals surface area contributed by atoms with Crippen molar-refractivity contribution in [2.45, 2.75) is 39.5 Å². The summed E-state index contributed by atoms with van der Waals surface area (Å²) in [5, 5.41) is 3.00. The van der Waals surface area contributed by atoms with E-state index < -0.39 is 0 Å². The number of carbonyl (C=O) groups is 1.